The van der Waals surface area contributed by atoms with Gasteiger partial charge in [0.05, 0.1) is 0 Å². The fourth-order valence-electron chi connectivity index (χ4n) is 0.810. The lowest BCUT2D eigenvalue weighted by Crippen LogP contribution is -2.45. The molecule has 4 nitrogen and oxygen atoms in total. The second-order valence-electron chi connectivity index (χ2n) is 2.02. The quantitative estimate of drug-likeness (QED) is 0.579. The van der Waals surface area contributed by atoms with Crippen molar-refractivity contribution in [2.45, 2.75) is 0 Å². The van der Waals surface area contributed by atoms with Crippen LogP contribution in [0.15, 0.2) is 0 Å². The second-order valence-corrected chi connectivity index (χ2v) is 3.24. The van der Waals surface area contributed by atoms with Crippen LogP contribution in [0.3, 0.4) is 0 Å². The summed E-state index contributed by atoms with van der Waals surface area (Å²) in [5.41, 5.74) is 2.32. The Labute approximate surface area is 63.6 Å². The van der Waals surface area contributed by atoms with E-state index >= 15 is 0 Å². The van der Waals surface area contributed by atoms with Gasteiger partial charge >= 0.3 is 6.09 Å². The van der Waals surface area contributed by atoms with Crippen molar-refractivity contribution in [2.75, 3.05) is 24.6 Å². The predicted molar refractivity (Wildman–Crippen MR) is 40.1 cm³/mol. The van der Waals surface area contributed by atoms with Gasteiger partial charge in [-0.3, -0.25) is 5.43 Å². The topological polar surface area (TPSA) is 52.6 Å². The molecule has 0 atom stereocenters. The molecule has 1 aliphatic rings. The zero-order valence-electron chi connectivity index (χ0n) is 5.54. The average Bonchev–Trinajstić information content (AvgIpc) is 1.88. The second kappa shape index (κ2) is 3.68. The zero-order valence-corrected chi connectivity index (χ0v) is 6.36. The molecule has 1 amide bonds. The predicted octanol–water partition coefficient (Wildman–Crippen LogP) is 0.218. The van der Waals surface area contributed by atoms with Crippen molar-refractivity contribution in [3.63, 3.8) is 0 Å². The first-order chi connectivity index (χ1) is 4.79. The third-order valence-electron chi connectivity index (χ3n) is 1.26. The van der Waals surface area contributed by atoms with E-state index in [1.54, 1.807) is 5.01 Å². The highest BCUT2D eigenvalue weighted by atomic mass is 32.2. The van der Waals surface area contributed by atoms with Crippen molar-refractivity contribution < 1.29 is 9.90 Å². The van der Waals surface area contributed by atoms with E-state index in [4.69, 9.17) is 5.11 Å². The Kier molecular flexibility index (Phi) is 2.82. The summed E-state index contributed by atoms with van der Waals surface area (Å²) in [5.74, 6) is 2.03. The van der Waals surface area contributed by atoms with Crippen LogP contribution in [0.2, 0.25) is 0 Å². The van der Waals surface area contributed by atoms with E-state index in [0.29, 0.717) is 0 Å². The summed E-state index contributed by atoms with van der Waals surface area (Å²) in [7, 11) is 0. The molecule has 0 radical (unpaired) electrons. The SMILES string of the molecule is O=C(O)NN1CCSCC1. The largest absolute Gasteiger partial charge is 0.464 e. The van der Waals surface area contributed by atoms with Gasteiger partial charge in [0.15, 0.2) is 0 Å². The first kappa shape index (κ1) is 7.68. The highest BCUT2D eigenvalue weighted by Crippen LogP contribution is 2.06. The molecular formula is C5H10N2O2S. The molecule has 0 aromatic heterocycles. The molecule has 10 heavy (non-hydrogen) atoms. The summed E-state index contributed by atoms with van der Waals surface area (Å²) >= 11 is 1.85. The molecule has 0 spiro atoms. The Morgan fingerprint density at radius 2 is 2.10 bits per heavy atom. The van der Waals surface area contributed by atoms with E-state index in [9.17, 15) is 4.79 Å². The number of rotatable bonds is 1. The molecular weight excluding hydrogens is 152 g/mol. The molecule has 2 N–H and O–H groups in total. The van der Waals surface area contributed by atoms with Crippen molar-refractivity contribution >= 4 is 17.9 Å². The van der Waals surface area contributed by atoms with Crippen LogP contribution in [0.4, 0.5) is 4.79 Å². The lowest BCUT2D eigenvalue weighted by molar-refractivity contribution is 0.146. The number of hydrazine groups is 1. The number of thioether (sulfide) groups is 1. The first-order valence-corrected chi connectivity index (χ1v) is 4.27. The maximum Gasteiger partial charge on any atom is 0.419 e. The number of carboxylic acid groups (broad SMARTS) is 1. The maximum absolute atomic E-state index is 10.1. The van der Waals surface area contributed by atoms with Crippen LogP contribution in [0.1, 0.15) is 0 Å². The van der Waals surface area contributed by atoms with Gasteiger partial charge in [-0.05, 0) is 0 Å². The van der Waals surface area contributed by atoms with Crippen molar-refractivity contribution in [1.29, 1.82) is 0 Å². The van der Waals surface area contributed by atoms with Gasteiger partial charge in [-0.2, -0.15) is 11.8 Å². The maximum atomic E-state index is 10.1. The van der Waals surface area contributed by atoms with Gasteiger partial charge in [0.2, 0.25) is 0 Å². The Hall–Kier alpha value is -0.420. The van der Waals surface area contributed by atoms with Gasteiger partial charge in [-0.15, -0.1) is 0 Å². The molecule has 1 rings (SSSR count). The summed E-state index contributed by atoms with van der Waals surface area (Å²) < 4.78 is 0. The van der Waals surface area contributed by atoms with E-state index in [1.165, 1.54) is 0 Å². The van der Waals surface area contributed by atoms with Gasteiger partial charge in [0, 0.05) is 24.6 Å². The number of hydrogen-bond donors (Lipinski definition) is 2. The van der Waals surface area contributed by atoms with E-state index in [0.717, 1.165) is 24.6 Å². The molecule has 0 bridgehead atoms. The van der Waals surface area contributed by atoms with Crippen molar-refractivity contribution in [3.8, 4) is 0 Å². The lowest BCUT2D eigenvalue weighted by Gasteiger charge is -2.24. The molecule has 58 valence electrons. The number of nitrogens with one attached hydrogen (secondary N) is 1. The van der Waals surface area contributed by atoms with Gasteiger partial charge in [-0.25, -0.2) is 9.80 Å². The highest BCUT2D eigenvalue weighted by Gasteiger charge is 2.10. The summed E-state index contributed by atoms with van der Waals surface area (Å²) in [6, 6.07) is 0. The molecule has 0 aromatic rings. The summed E-state index contributed by atoms with van der Waals surface area (Å²) in [5, 5.41) is 10.0. The van der Waals surface area contributed by atoms with Gasteiger partial charge < -0.3 is 5.11 Å². The Morgan fingerprint density at radius 1 is 1.50 bits per heavy atom. The standard InChI is InChI=1S/C5H10N2O2S/c8-5(9)6-7-1-3-10-4-2-7/h6H,1-4H2,(H,8,9). The van der Waals surface area contributed by atoms with E-state index in [2.05, 4.69) is 5.43 Å². The van der Waals surface area contributed by atoms with Crippen molar-refractivity contribution in [2.24, 2.45) is 0 Å². The minimum atomic E-state index is -0.966. The third-order valence-corrected chi connectivity index (χ3v) is 2.21. The fourth-order valence-corrected chi connectivity index (χ4v) is 1.71. The molecule has 1 heterocycles. The minimum Gasteiger partial charge on any atom is -0.464 e. The molecule has 1 saturated heterocycles. The highest BCUT2D eigenvalue weighted by molar-refractivity contribution is 7.99. The number of nitrogens with zero attached hydrogens (tertiary/aromatic N) is 1. The monoisotopic (exact) mass is 162 g/mol. The normalized spacial score (nSPS) is 20.4. The molecule has 0 aromatic carbocycles. The molecule has 1 aliphatic heterocycles. The Bertz CT molecular complexity index is 125. The van der Waals surface area contributed by atoms with Crippen LogP contribution < -0.4 is 5.43 Å². The van der Waals surface area contributed by atoms with Gasteiger partial charge in [0.1, 0.15) is 0 Å². The number of amides is 1. The lowest BCUT2D eigenvalue weighted by atomic mass is 10.6. The molecule has 0 unspecified atom stereocenters. The summed E-state index contributed by atoms with van der Waals surface area (Å²) in [6.45, 7) is 1.63. The number of carbonyl (C=O) groups is 1. The Morgan fingerprint density at radius 3 is 2.60 bits per heavy atom. The van der Waals surface area contributed by atoms with Crippen LogP contribution in [0, 0.1) is 0 Å². The van der Waals surface area contributed by atoms with Crippen LogP contribution in [0.25, 0.3) is 0 Å². The molecule has 0 aliphatic carbocycles. The summed E-state index contributed by atoms with van der Waals surface area (Å²) in [4.78, 5) is 10.1. The van der Waals surface area contributed by atoms with Crippen molar-refractivity contribution in [3.05, 3.63) is 0 Å². The van der Waals surface area contributed by atoms with Crippen LogP contribution in [-0.4, -0.2) is 40.8 Å². The van der Waals surface area contributed by atoms with E-state index in [-0.39, 0.29) is 0 Å². The molecule has 1 fully saturated rings. The first-order valence-electron chi connectivity index (χ1n) is 3.11. The smallest absolute Gasteiger partial charge is 0.419 e. The Balaban J connectivity index is 2.19. The van der Waals surface area contributed by atoms with Crippen LogP contribution >= 0.6 is 11.8 Å². The van der Waals surface area contributed by atoms with Crippen LogP contribution in [0.5, 0.6) is 0 Å². The number of hydrogen-bond acceptors (Lipinski definition) is 3. The minimum absolute atomic E-state index is 0.816. The van der Waals surface area contributed by atoms with Crippen LogP contribution in [-0.2, 0) is 0 Å². The van der Waals surface area contributed by atoms with Gasteiger partial charge in [0.25, 0.3) is 0 Å². The third kappa shape index (κ3) is 2.45. The molecule has 5 heteroatoms. The average molecular weight is 162 g/mol. The molecule has 0 saturated carbocycles. The zero-order chi connectivity index (χ0) is 7.40. The summed E-state index contributed by atoms with van der Waals surface area (Å²) in [6.07, 6.45) is -0.966. The van der Waals surface area contributed by atoms with Crippen molar-refractivity contribution in [1.82, 2.24) is 10.4 Å². The fraction of sp³-hybridized carbons (Fsp3) is 0.800. The van der Waals surface area contributed by atoms with E-state index in [1.807, 2.05) is 11.8 Å². The van der Waals surface area contributed by atoms with E-state index < -0.39 is 6.09 Å². The van der Waals surface area contributed by atoms with Gasteiger partial charge in [-0.1, -0.05) is 0 Å².